The van der Waals surface area contributed by atoms with E-state index < -0.39 is 5.82 Å². The Balaban J connectivity index is 1.29. The maximum absolute atomic E-state index is 14.3. The van der Waals surface area contributed by atoms with Crippen LogP contribution in [-0.4, -0.2) is 49.1 Å². The van der Waals surface area contributed by atoms with Gasteiger partial charge in [-0.25, -0.2) is 9.37 Å². The van der Waals surface area contributed by atoms with E-state index in [2.05, 4.69) is 10.2 Å². The van der Waals surface area contributed by atoms with Crippen molar-refractivity contribution in [2.75, 3.05) is 41.4 Å². The summed E-state index contributed by atoms with van der Waals surface area (Å²) in [6, 6.07) is 19.9. The predicted octanol–water partition coefficient (Wildman–Crippen LogP) is 5.94. The van der Waals surface area contributed by atoms with Crippen LogP contribution in [-0.2, 0) is 11.2 Å². The second-order valence-electron chi connectivity index (χ2n) is 10.1. The standard InChI is InChI=1S/C31H29FN4O3S/c1-19-7-5-9-23(32)28(19)34-30(37)26-17-21-13-14-36(25-11-4-3-8-22(25)29(21)40-26)31(38)24-10-6-12-27(33-24)35-15-16-39-20(2)18-35/h3-12,17,20H,13-16,18H2,1-2H3,(H,34,37)/t20-/m1/s1. The van der Waals surface area contributed by atoms with Crippen molar-refractivity contribution in [2.24, 2.45) is 0 Å². The van der Waals surface area contributed by atoms with Crippen LogP contribution in [0.1, 0.15) is 38.2 Å². The molecule has 2 aliphatic rings. The highest BCUT2D eigenvalue weighted by atomic mass is 32.1. The van der Waals surface area contributed by atoms with Crippen molar-refractivity contribution in [1.82, 2.24) is 4.98 Å². The van der Waals surface area contributed by atoms with Gasteiger partial charge in [-0.05, 0) is 61.7 Å². The minimum atomic E-state index is -0.466. The summed E-state index contributed by atoms with van der Waals surface area (Å²) in [5.74, 6) is -0.218. The molecule has 0 aliphatic carbocycles. The molecule has 1 saturated heterocycles. The molecule has 7 nitrogen and oxygen atoms in total. The van der Waals surface area contributed by atoms with E-state index in [4.69, 9.17) is 9.72 Å². The molecule has 0 radical (unpaired) electrons. The summed E-state index contributed by atoms with van der Waals surface area (Å²) in [4.78, 5) is 37.1. The topological polar surface area (TPSA) is 74.8 Å². The number of morpholine rings is 1. The van der Waals surface area contributed by atoms with Gasteiger partial charge in [0.15, 0.2) is 0 Å². The van der Waals surface area contributed by atoms with Gasteiger partial charge in [-0.3, -0.25) is 9.59 Å². The maximum Gasteiger partial charge on any atom is 0.276 e. The highest BCUT2D eigenvalue weighted by Gasteiger charge is 2.29. The zero-order chi connectivity index (χ0) is 27.8. The number of rotatable bonds is 4. The van der Waals surface area contributed by atoms with E-state index in [0.29, 0.717) is 35.7 Å². The first-order valence-electron chi connectivity index (χ1n) is 13.3. The second-order valence-corrected chi connectivity index (χ2v) is 11.1. The van der Waals surface area contributed by atoms with Crippen molar-refractivity contribution in [3.63, 3.8) is 0 Å². The van der Waals surface area contributed by atoms with Crippen molar-refractivity contribution in [3.8, 4) is 10.4 Å². The van der Waals surface area contributed by atoms with E-state index in [-0.39, 0.29) is 23.6 Å². The molecule has 1 N–H and O–H groups in total. The third-order valence-corrected chi connectivity index (χ3v) is 8.51. The summed E-state index contributed by atoms with van der Waals surface area (Å²) >= 11 is 1.35. The molecule has 2 aromatic heterocycles. The number of halogens is 1. The Kier molecular flexibility index (Phi) is 7.08. The summed E-state index contributed by atoms with van der Waals surface area (Å²) in [7, 11) is 0. The van der Waals surface area contributed by atoms with Crippen molar-refractivity contribution in [3.05, 3.63) is 94.2 Å². The number of carbonyl (C=O) groups excluding carboxylic acids is 2. The second kappa shape index (κ2) is 10.8. The number of nitrogens with one attached hydrogen (secondary N) is 1. The number of hydrogen-bond acceptors (Lipinski definition) is 6. The van der Waals surface area contributed by atoms with Gasteiger partial charge in [-0.2, -0.15) is 0 Å². The number of thiophene rings is 1. The molecule has 9 heteroatoms. The van der Waals surface area contributed by atoms with Gasteiger partial charge < -0.3 is 19.9 Å². The highest BCUT2D eigenvalue weighted by molar-refractivity contribution is 7.17. The number of nitrogens with zero attached hydrogens (tertiary/aromatic N) is 3. The Morgan fingerprint density at radius 1 is 1.07 bits per heavy atom. The minimum Gasteiger partial charge on any atom is -0.375 e. The number of carbonyl (C=O) groups is 2. The number of amides is 2. The van der Waals surface area contributed by atoms with Crippen LogP contribution in [0, 0.1) is 12.7 Å². The Morgan fingerprint density at radius 2 is 1.90 bits per heavy atom. The van der Waals surface area contributed by atoms with Gasteiger partial charge in [0.05, 0.1) is 29.0 Å². The number of fused-ring (bicyclic) bond motifs is 3. The fourth-order valence-corrected chi connectivity index (χ4v) is 6.41. The number of benzene rings is 2. The largest absolute Gasteiger partial charge is 0.375 e. The van der Waals surface area contributed by atoms with E-state index in [1.54, 1.807) is 30.0 Å². The highest BCUT2D eigenvalue weighted by Crippen LogP contribution is 2.42. The average molecular weight is 557 g/mol. The van der Waals surface area contributed by atoms with Gasteiger partial charge in [0, 0.05) is 30.1 Å². The zero-order valence-electron chi connectivity index (χ0n) is 22.3. The summed E-state index contributed by atoms with van der Waals surface area (Å²) in [6.07, 6.45) is 0.674. The van der Waals surface area contributed by atoms with E-state index >= 15 is 0 Å². The van der Waals surface area contributed by atoms with E-state index in [1.807, 2.05) is 49.4 Å². The molecule has 2 aliphatic heterocycles. The SMILES string of the molecule is Cc1cccc(F)c1NC(=O)c1cc2c(s1)-c1ccccc1N(C(=O)c1cccc(N3CCO[C@H](C)C3)n1)CC2. The molecule has 2 aromatic carbocycles. The average Bonchev–Trinajstić information content (AvgIpc) is 3.33. The lowest BCUT2D eigenvalue weighted by Crippen LogP contribution is -2.41. The number of hydrogen-bond donors (Lipinski definition) is 1. The van der Waals surface area contributed by atoms with E-state index in [1.165, 1.54) is 17.4 Å². The zero-order valence-corrected chi connectivity index (χ0v) is 23.1. The summed E-state index contributed by atoms with van der Waals surface area (Å²) < 4.78 is 20.0. The molecule has 4 heterocycles. The monoisotopic (exact) mass is 556 g/mol. The number of pyridine rings is 1. The first-order chi connectivity index (χ1) is 19.4. The number of anilines is 3. The lowest BCUT2D eigenvalue weighted by Gasteiger charge is -2.32. The Labute approximate surface area is 236 Å². The van der Waals surface area contributed by atoms with Crippen LogP contribution in [0.2, 0.25) is 0 Å². The van der Waals surface area contributed by atoms with Gasteiger partial charge in [-0.15, -0.1) is 11.3 Å². The Hall–Kier alpha value is -4.08. The van der Waals surface area contributed by atoms with E-state index in [0.717, 1.165) is 40.6 Å². The van der Waals surface area contributed by atoms with Crippen molar-refractivity contribution < 1.29 is 18.7 Å². The first kappa shape index (κ1) is 26.2. The van der Waals surface area contributed by atoms with Gasteiger partial charge in [-0.1, -0.05) is 36.4 Å². The molecule has 204 valence electrons. The number of aromatic nitrogens is 1. The van der Waals surface area contributed by atoms with Crippen molar-refractivity contribution in [1.29, 1.82) is 0 Å². The third-order valence-electron chi connectivity index (χ3n) is 7.30. The van der Waals surface area contributed by atoms with Gasteiger partial charge >= 0.3 is 0 Å². The predicted molar refractivity (Wildman–Crippen MR) is 156 cm³/mol. The van der Waals surface area contributed by atoms with Crippen LogP contribution >= 0.6 is 11.3 Å². The molecule has 0 spiro atoms. The van der Waals surface area contributed by atoms with Gasteiger partial charge in [0.2, 0.25) is 0 Å². The minimum absolute atomic E-state index is 0.106. The number of para-hydroxylation sites is 2. The normalized spacial score (nSPS) is 16.6. The molecule has 0 unspecified atom stereocenters. The molecular formula is C31H29FN4O3S. The molecule has 40 heavy (non-hydrogen) atoms. The summed E-state index contributed by atoms with van der Waals surface area (Å²) in [6.45, 7) is 6.31. The molecule has 2 amide bonds. The van der Waals surface area contributed by atoms with Crippen LogP contribution in [0.15, 0.2) is 66.7 Å². The number of ether oxygens (including phenoxy) is 1. The molecule has 1 atom stereocenters. The van der Waals surface area contributed by atoms with Gasteiger partial charge in [0.1, 0.15) is 17.3 Å². The third kappa shape index (κ3) is 4.98. The van der Waals surface area contributed by atoms with Gasteiger partial charge in [0.25, 0.3) is 11.8 Å². The quantitative estimate of drug-likeness (QED) is 0.337. The Morgan fingerprint density at radius 3 is 2.73 bits per heavy atom. The molecule has 4 aromatic rings. The summed E-state index contributed by atoms with van der Waals surface area (Å²) in [5, 5.41) is 2.74. The van der Waals surface area contributed by atoms with Crippen molar-refractivity contribution in [2.45, 2.75) is 26.4 Å². The van der Waals surface area contributed by atoms with Crippen molar-refractivity contribution >= 4 is 40.3 Å². The van der Waals surface area contributed by atoms with E-state index in [9.17, 15) is 14.0 Å². The smallest absolute Gasteiger partial charge is 0.276 e. The molecular weight excluding hydrogens is 527 g/mol. The summed E-state index contributed by atoms with van der Waals surface area (Å²) in [5.41, 5.74) is 3.87. The maximum atomic E-state index is 14.3. The lowest BCUT2D eigenvalue weighted by molar-refractivity contribution is 0.0529. The number of aryl methyl sites for hydroxylation is 1. The first-order valence-corrected chi connectivity index (χ1v) is 14.1. The molecule has 0 saturated carbocycles. The molecule has 0 bridgehead atoms. The van der Waals surface area contributed by atoms with Crippen LogP contribution in [0.5, 0.6) is 0 Å². The fourth-order valence-electron chi connectivity index (χ4n) is 5.27. The fraction of sp³-hybridized carbons (Fsp3) is 0.258. The van der Waals surface area contributed by atoms with Crippen LogP contribution in [0.3, 0.4) is 0 Å². The molecule has 1 fully saturated rings. The van der Waals surface area contributed by atoms with Crippen LogP contribution in [0.4, 0.5) is 21.6 Å². The van der Waals surface area contributed by atoms with Crippen LogP contribution < -0.4 is 15.1 Å². The Bertz CT molecular complexity index is 1580. The van der Waals surface area contributed by atoms with Crippen LogP contribution in [0.25, 0.3) is 10.4 Å². The molecule has 6 rings (SSSR count). The lowest BCUT2D eigenvalue weighted by atomic mass is 10.1.